The number of nitrogen functional groups attached to an aromatic ring is 1. The number of nitrogens with two attached hydrogens (primary N) is 1. The van der Waals surface area contributed by atoms with Crippen molar-refractivity contribution in [3.63, 3.8) is 0 Å². The van der Waals surface area contributed by atoms with E-state index in [0.29, 0.717) is 10.6 Å². The van der Waals surface area contributed by atoms with Gasteiger partial charge >= 0.3 is 5.97 Å². The third-order valence-corrected chi connectivity index (χ3v) is 3.93. The molecule has 1 aromatic heterocycles. The highest BCUT2D eigenvalue weighted by Gasteiger charge is 2.10. The van der Waals surface area contributed by atoms with E-state index in [1.807, 2.05) is 6.92 Å². The van der Waals surface area contributed by atoms with E-state index in [9.17, 15) is 4.79 Å². The van der Waals surface area contributed by atoms with Gasteiger partial charge in [0, 0.05) is 10.6 Å². The van der Waals surface area contributed by atoms with Crippen LogP contribution >= 0.6 is 23.1 Å². The Labute approximate surface area is 106 Å². The molecule has 2 rings (SSSR count). The van der Waals surface area contributed by atoms with Crippen LogP contribution in [0.15, 0.2) is 27.4 Å². The Balaban J connectivity index is 2.31. The molecule has 0 amide bonds. The van der Waals surface area contributed by atoms with Crippen LogP contribution < -0.4 is 5.73 Å². The molecule has 1 heterocycles. The van der Waals surface area contributed by atoms with Gasteiger partial charge in [-0.2, -0.15) is 0 Å². The summed E-state index contributed by atoms with van der Waals surface area (Å²) in [7, 11) is 0. The summed E-state index contributed by atoms with van der Waals surface area (Å²) < 4.78 is 0.747. The van der Waals surface area contributed by atoms with Crippen LogP contribution in [0.4, 0.5) is 5.69 Å². The first-order valence-electron chi connectivity index (χ1n) is 4.67. The Bertz CT molecular complexity index is 568. The fourth-order valence-corrected chi connectivity index (χ4v) is 3.02. The van der Waals surface area contributed by atoms with Crippen LogP contribution in [0.1, 0.15) is 15.4 Å². The molecular formula is C10H9N3O2S2. The van der Waals surface area contributed by atoms with Gasteiger partial charge in [-0.15, -0.1) is 10.2 Å². The van der Waals surface area contributed by atoms with Crippen LogP contribution in [0.2, 0.25) is 0 Å². The maximum Gasteiger partial charge on any atom is 0.335 e. The standard InChI is InChI=1S/C10H9N3O2S2/c1-5-12-13-10(16-5)17-8-4-6(9(14)15)2-3-7(8)11/h2-4H,11H2,1H3,(H,14,15). The van der Waals surface area contributed by atoms with Gasteiger partial charge in [-0.05, 0) is 25.1 Å². The van der Waals surface area contributed by atoms with E-state index in [1.165, 1.54) is 29.2 Å². The lowest BCUT2D eigenvalue weighted by Gasteiger charge is -2.03. The third kappa shape index (κ3) is 2.75. The lowest BCUT2D eigenvalue weighted by Crippen LogP contribution is -1.98. The molecule has 3 N–H and O–H groups in total. The Morgan fingerprint density at radius 1 is 1.47 bits per heavy atom. The molecule has 2 aromatic rings. The maximum absolute atomic E-state index is 10.8. The van der Waals surface area contributed by atoms with Gasteiger partial charge < -0.3 is 10.8 Å². The molecule has 0 unspecified atom stereocenters. The topological polar surface area (TPSA) is 89.1 Å². The van der Waals surface area contributed by atoms with Crippen LogP contribution in [0, 0.1) is 6.92 Å². The first-order valence-corrected chi connectivity index (χ1v) is 6.30. The number of carbonyl (C=O) groups is 1. The maximum atomic E-state index is 10.8. The highest BCUT2D eigenvalue weighted by Crippen LogP contribution is 2.34. The number of hydrogen-bond donors (Lipinski definition) is 2. The van der Waals surface area contributed by atoms with E-state index >= 15 is 0 Å². The van der Waals surface area contributed by atoms with Gasteiger partial charge in [0.1, 0.15) is 5.01 Å². The number of aromatic nitrogens is 2. The van der Waals surface area contributed by atoms with E-state index in [4.69, 9.17) is 10.8 Å². The summed E-state index contributed by atoms with van der Waals surface area (Å²) in [5.41, 5.74) is 6.53. The summed E-state index contributed by atoms with van der Waals surface area (Å²) >= 11 is 2.77. The highest BCUT2D eigenvalue weighted by molar-refractivity contribution is 8.01. The lowest BCUT2D eigenvalue weighted by atomic mass is 10.2. The summed E-state index contributed by atoms with van der Waals surface area (Å²) in [6, 6.07) is 4.60. The highest BCUT2D eigenvalue weighted by atomic mass is 32.2. The van der Waals surface area contributed by atoms with Crippen LogP contribution in [-0.2, 0) is 0 Å². The molecule has 1 aromatic carbocycles. The number of aryl methyl sites for hydroxylation is 1. The van der Waals surface area contributed by atoms with Crippen molar-refractivity contribution in [1.82, 2.24) is 10.2 Å². The second kappa shape index (κ2) is 4.72. The Kier molecular flexibility index (Phi) is 3.30. The average Bonchev–Trinajstić information content (AvgIpc) is 2.67. The zero-order chi connectivity index (χ0) is 12.4. The summed E-state index contributed by atoms with van der Waals surface area (Å²) in [6.07, 6.45) is 0. The molecule has 5 nitrogen and oxygen atoms in total. The van der Waals surface area contributed by atoms with Crippen molar-refractivity contribution in [3.8, 4) is 0 Å². The van der Waals surface area contributed by atoms with Gasteiger partial charge in [0.05, 0.1) is 5.56 Å². The molecule has 0 aliphatic carbocycles. The fraction of sp³-hybridized carbons (Fsp3) is 0.100. The normalized spacial score (nSPS) is 10.4. The number of rotatable bonds is 3. The largest absolute Gasteiger partial charge is 0.478 e. The zero-order valence-corrected chi connectivity index (χ0v) is 10.5. The minimum atomic E-state index is -0.972. The number of nitrogens with zero attached hydrogens (tertiary/aromatic N) is 2. The van der Waals surface area contributed by atoms with Crippen LogP contribution in [0.3, 0.4) is 0 Å². The van der Waals surface area contributed by atoms with E-state index < -0.39 is 5.97 Å². The summed E-state index contributed by atoms with van der Waals surface area (Å²) in [5, 5.41) is 17.6. The number of aromatic carboxylic acids is 1. The average molecular weight is 267 g/mol. The fourth-order valence-electron chi connectivity index (χ4n) is 1.17. The van der Waals surface area contributed by atoms with Gasteiger partial charge in [0.25, 0.3) is 0 Å². The van der Waals surface area contributed by atoms with Crippen molar-refractivity contribution < 1.29 is 9.90 Å². The molecule has 0 aliphatic heterocycles. The number of benzene rings is 1. The quantitative estimate of drug-likeness (QED) is 0.829. The minimum Gasteiger partial charge on any atom is -0.478 e. The van der Waals surface area contributed by atoms with Gasteiger partial charge in [-0.25, -0.2) is 4.79 Å². The zero-order valence-electron chi connectivity index (χ0n) is 8.88. The Morgan fingerprint density at radius 3 is 2.82 bits per heavy atom. The molecule has 88 valence electrons. The van der Waals surface area contributed by atoms with E-state index in [-0.39, 0.29) is 5.56 Å². The first kappa shape index (κ1) is 11.9. The van der Waals surface area contributed by atoms with Crippen molar-refractivity contribution in [2.24, 2.45) is 0 Å². The predicted molar refractivity (Wildman–Crippen MR) is 66.6 cm³/mol. The van der Waals surface area contributed by atoms with Gasteiger partial charge in [-0.3, -0.25) is 0 Å². The van der Waals surface area contributed by atoms with Crippen molar-refractivity contribution in [2.45, 2.75) is 16.2 Å². The van der Waals surface area contributed by atoms with Gasteiger partial charge in [0.2, 0.25) is 0 Å². The third-order valence-electron chi connectivity index (χ3n) is 1.97. The smallest absolute Gasteiger partial charge is 0.335 e. The number of carboxylic acids is 1. The summed E-state index contributed by atoms with van der Waals surface area (Å²) in [5.74, 6) is -0.972. The van der Waals surface area contributed by atoms with Crippen molar-refractivity contribution in [1.29, 1.82) is 0 Å². The molecule has 0 aliphatic rings. The van der Waals surface area contributed by atoms with Crippen LogP contribution in [-0.4, -0.2) is 21.3 Å². The molecule has 0 spiro atoms. The molecular weight excluding hydrogens is 258 g/mol. The lowest BCUT2D eigenvalue weighted by molar-refractivity contribution is 0.0696. The minimum absolute atomic E-state index is 0.211. The Hall–Kier alpha value is -1.60. The predicted octanol–water partition coefficient (Wildman–Crippen LogP) is 2.28. The molecule has 17 heavy (non-hydrogen) atoms. The second-order valence-electron chi connectivity index (χ2n) is 3.25. The SMILES string of the molecule is Cc1nnc(Sc2cc(C(=O)O)ccc2N)s1. The molecule has 0 fully saturated rings. The molecule has 0 atom stereocenters. The van der Waals surface area contributed by atoms with Crippen molar-refractivity contribution >= 4 is 34.8 Å². The number of anilines is 1. The monoisotopic (exact) mass is 267 g/mol. The van der Waals surface area contributed by atoms with E-state index in [2.05, 4.69) is 10.2 Å². The first-order chi connectivity index (χ1) is 8.06. The van der Waals surface area contributed by atoms with Crippen molar-refractivity contribution in [2.75, 3.05) is 5.73 Å². The summed E-state index contributed by atoms with van der Waals surface area (Å²) in [6.45, 7) is 1.86. The Morgan fingerprint density at radius 2 is 2.24 bits per heavy atom. The molecule has 0 saturated heterocycles. The number of carboxylic acid groups (broad SMARTS) is 1. The molecule has 0 radical (unpaired) electrons. The van der Waals surface area contributed by atoms with Gasteiger partial charge in [0.15, 0.2) is 4.34 Å². The molecule has 0 saturated carbocycles. The van der Waals surface area contributed by atoms with E-state index in [1.54, 1.807) is 12.1 Å². The van der Waals surface area contributed by atoms with Gasteiger partial charge in [-0.1, -0.05) is 23.1 Å². The second-order valence-corrected chi connectivity index (χ2v) is 5.72. The van der Waals surface area contributed by atoms with Crippen molar-refractivity contribution in [3.05, 3.63) is 28.8 Å². The van der Waals surface area contributed by atoms with Crippen LogP contribution in [0.5, 0.6) is 0 Å². The molecule has 7 heteroatoms. The van der Waals surface area contributed by atoms with Crippen LogP contribution in [0.25, 0.3) is 0 Å². The number of hydrogen-bond acceptors (Lipinski definition) is 6. The molecule has 0 bridgehead atoms. The van der Waals surface area contributed by atoms with E-state index in [0.717, 1.165) is 9.35 Å². The summed E-state index contributed by atoms with van der Waals surface area (Å²) in [4.78, 5) is 11.5.